The molecule has 1 aliphatic heterocycles. The van der Waals surface area contributed by atoms with Gasteiger partial charge in [0.05, 0.1) is 4.92 Å². The molecule has 6 heteroatoms. The zero-order chi connectivity index (χ0) is 15.7. The molecule has 1 heterocycles. The number of nitrogens with zero attached hydrogens (tertiary/aromatic N) is 2. The van der Waals surface area contributed by atoms with Crippen molar-refractivity contribution in [2.45, 2.75) is 31.8 Å². The van der Waals surface area contributed by atoms with Crippen molar-refractivity contribution in [1.82, 2.24) is 0 Å². The Kier molecular flexibility index (Phi) is 3.55. The third kappa shape index (κ3) is 2.31. The number of nitro groups is 1. The molecule has 2 N–H and O–H groups in total. The second kappa shape index (κ2) is 5.53. The minimum atomic E-state index is -0.432. The van der Waals surface area contributed by atoms with Gasteiger partial charge in [-0.15, -0.1) is 0 Å². The van der Waals surface area contributed by atoms with Crippen molar-refractivity contribution in [2.75, 3.05) is 0 Å². The third-order valence-electron chi connectivity index (χ3n) is 4.14. The Morgan fingerprint density at radius 2 is 1.95 bits per heavy atom. The first kappa shape index (κ1) is 14.1. The molecule has 0 aromatic heterocycles. The molecule has 1 aromatic rings. The van der Waals surface area contributed by atoms with Gasteiger partial charge in [0, 0.05) is 12.1 Å². The molecule has 0 spiro atoms. The lowest BCUT2D eigenvalue weighted by Crippen LogP contribution is -2.22. The van der Waals surface area contributed by atoms with Gasteiger partial charge < -0.3 is 10.5 Å². The summed E-state index contributed by atoms with van der Waals surface area (Å²) in [6, 6.07) is 8.43. The second-order valence-corrected chi connectivity index (χ2v) is 5.41. The quantitative estimate of drug-likeness (QED) is 0.667. The van der Waals surface area contributed by atoms with Crippen LogP contribution < -0.4 is 5.73 Å². The summed E-state index contributed by atoms with van der Waals surface area (Å²) >= 11 is 0. The number of nitriles is 1. The van der Waals surface area contributed by atoms with E-state index in [1.54, 1.807) is 12.1 Å². The van der Waals surface area contributed by atoms with Gasteiger partial charge >= 0.3 is 0 Å². The minimum absolute atomic E-state index is 0.0404. The molecule has 3 rings (SSSR count). The van der Waals surface area contributed by atoms with Crippen LogP contribution in [0.15, 0.2) is 46.9 Å². The Hall–Kier alpha value is -2.81. The van der Waals surface area contributed by atoms with Crippen molar-refractivity contribution in [2.24, 2.45) is 5.73 Å². The van der Waals surface area contributed by atoms with E-state index < -0.39 is 4.92 Å². The van der Waals surface area contributed by atoms with Crippen molar-refractivity contribution < 1.29 is 9.66 Å². The molecule has 1 aromatic carbocycles. The summed E-state index contributed by atoms with van der Waals surface area (Å²) in [5.41, 5.74) is 9.25. The Labute approximate surface area is 127 Å². The highest BCUT2D eigenvalue weighted by Crippen LogP contribution is 2.43. The van der Waals surface area contributed by atoms with E-state index >= 15 is 0 Å². The average molecular weight is 297 g/mol. The maximum Gasteiger partial charge on any atom is 0.269 e. The molecule has 0 saturated carbocycles. The summed E-state index contributed by atoms with van der Waals surface area (Å²) in [7, 11) is 0. The van der Waals surface area contributed by atoms with Gasteiger partial charge in [-0.25, -0.2) is 0 Å². The molecular formula is C16H15N3O3. The van der Waals surface area contributed by atoms with Gasteiger partial charge in [0.25, 0.3) is 5.69 Å². The molecule has 0 bridgehead atoms. The van der Waals surface area contributed by atoms with Crippen molar-refractivity contribution in [3.8, 4) is 6.07 Å². The topological polar surface area (TPSA) is 102 Å². The number of hydrogen-bond acceptors (Lipinski definition) is 5. The average Bonchev–Trinajstić information content (AvgIpc) is 2.54. The van der Waals surface area contributed by atoms with Gasteiger partial charge in [0.1, 0.15) is 17.7 Å². The lowest BCUT2D eigenvalue weighted by molar-refractivity contribution is -0.384. The highest BCUT2D eigenvalue weighted by atomic mass is 16.6. The molecule has 2 aliphatic rings. The monoisotopic (exact) mass is 297 g/mol. The van der Waals surface area contributed by atoms with Crippen molar-refractivity contribution in [3.05, 3.63) is 62.5 Å². The van der Waals surface area contributed by atoms with Crippen LogP contribution >= 0.6 is 0 Å². The number of nitro benzene ring substituents is 1. The van der Waals surface area contributed by atoms with E-state index in [0.717, 1.165) is 42.4 Å². The summed E-state index contributed by atoms with van der Waals surface area (Å²) in [4.78, 5) is 10.3. The molecule has 0 radical (unpaired) electrons. The van der Waals surface area contributed by atoms with Crippen molar-refractivity contribution in [1.29, 1.82) is 5.26 Å². The third-order valence-corrected chi connectivity index (χ3v) is 4.14. The normalized spacial score (nSPS) is 21.0. The SMILES string of the molecule is N#CC1=C(N)OC(c2ccc([N+](=O)[O-])cc2)C2=C1CCCC2. The first-order valence-corrected chi connectivity index (χ1v) is 7.15. The van der Waals surface area contributed by atoms with Crippen LogP contribution in [0.3, 0.4) is 0 Å². The van der Waals surface area contributed by atoms with E-state index in [1.807, 2.05) is 0 Å². The van der Waals surface area contributed by atoms with Crippen LogP contribution in [0, 0.1) is 21.4 Å². The summed E-state index contributed by atoms with van der Waals surface area (Å²) < 4.78 is 5.75. The molecular weight excluding hydrogens is 282 g/mol. The summed E-state index contributed by atoms with van der Waals surface area (Å²) in [6.07, 6.45) is 3.41. The highest BCUT2D eigenvalue weighted by Gasteiger charge is 2.32. The predicted octanol–water partition coefficient (Wildman–Crippen LogP) is 3.23. The van der Waals surface area contributed by atoms with Gasteiger partial charge in [-0.2, -0.15) is 5.26 Å². The first-order chi connectivity index (χ1) is 10.6. The van der Waals surface area contributed by atoms with Gasteiger partial charge in [0.15, 0.2) is 0 Å². The summed E-state index contributed by atoms with van der Waals surface area (Å²) in [5, 5.41) is 20.0. The second-order valence-electron chi connectivity index (χ2n) is 5.41. The van der Waals surface area contributed by atoms with Crippen LogP contribution in [0.25, 0.3) is 0 Å². The van der Waals surface area contributed by atoms with E-state index in [-0.39, 0.29) is 17.7 Å². The molecule has 1 atom stereocenters. The number of rotatable bonds is 2. The summed E-state index contributed by atoms with van der Waals surface area (Å²) in [6.45, 7) is 0. The largest absolute Gasteiger partial charge is 0.466 e. The molecule has 0 fully saturated rings. The molecule has 0 amide bonds. The summed E-state index contributed by atoms with van der Waals surface area (Å²) in [5.74, 6) is 0.145. The molecule has 1 unspecified atom stereocenters. The molecule has 1 aliphatic carbocycles. The number of hydrogen-bond donors (Lipinski definition) is 1. The van der Waals surface area contributed by atoms with Crippen LogP contribution in [-0.2, 0) is 4.74 Å². The Balaban J connectivity index is 2.01. The minimum Gasteiger partial charge on any atom is -0.466 e. The van der Waals surface area contributed by atoms with Crippen molar-refractivity contribution >= 4 is 5.69 Å². The standard InChI is InChI=1S/C16H15N3O3/c17-9-14-12-3-1-2-4-13(12)15(22-16(14)18)10-5-7-11(8-6-10)19(20)21/h5-8,15H,1-4,18H2. The van der Waals surface area contributed by atoms with Crippen LogP contribution in [0.2, 0.25) is 0 Å². The molecule has 22 heavy (non-hydrogen) atoms. The zero-order valence-corrected chi connectivity index (χ0v) is 11.9. The van der Waals surface area contributed by atoms with E-state index in [4.69, 9.17) is 10.5 Å². The van der Waals surface area contributed by atoms with Gasteiger partial charge in [-0.1, -0.05) is 0 Å². The van der Waals surface area contributed by atoms with Crippen LogP contribution in [-0.4, -0.2) is 4.92 Å². The van der Waals surface area contributed by atoms with E-state index in [2.05, 4.69) is 6.07 Å². The predicted molar refractivity (Wildman–Crippen MR) is 79.2 cm³/mol. The fourth-order valence-electron chi connectivity index (χ4n) is 3.07. The van der Waals surface area contributed by atoms with Gasteiger partial charge in [-0.05, 0) is 54.5 Å². The van der Waals surface area contributed by atoms with E-state index in [9.17, 15) is 15.4 Å². The number of nitrogens with two attached hydrogens (primary N) is 1. The first-order valence-electron chi connectivity index (χ1n) is 7.15. The smallest absolute Gasteiger partial charge is 0.269 e. The maximum absolute atomic E-state index is 10.8. The fraction of sp³-hybridized carbons (Fsp3) is 0.312. The van der Waals surface area contributed by atoms with E-state index in [0.29, 0.717) is 5.57 Å². The lowest BCUT2D eigenvalue weighted by atomic mass is 9.81. The fourth-order valence-corrected chi connectivity index (χ4v) is 3.07. The maximum atomic E-state index is 10.8. The number of ether oxygens (including phenoxy) is 1. The van der Waals surface area contributed by atoms with Crippen molar-refractivity contribution in [3.63, 3.8) is 0 Å². The lowest BCUT2D eigenvalue weighted by Gasteiger charge is -2.32. The van der Waals surface area contributed by atoms with Gasteiger partial charge in [-0.3, -0.25) is 10.1 Å². The Morgan fingerprint density at radius 3 is 2.59 bits per heavy atom. The molecule has 112 valence electrons. The number of non-ortho nitro benzene ring substituents is 1. The zero-order valence-electron chi connectivity index (χ0n) is 11.9. The van der Waals surface area contributed by atoms with Crippen LogP contribution in [0.4, 0.5) is 5.69 Å². The number of allylic oxidation sites excluding steroid dienone is 2. The van der Waals surface area contributed by atoms with Gasteiger partial charge in [0.2, 0.25) is 5.88 Å². The van der Waals surface area contributed by atoms with E-state index in [1.165, 1.54) is 12.1 Å². The van der Waals surface area contributed by atoms with Crippen LogP contribution in [0.1, 0.15) is 37.4 Å². The number of benzene rings is 1. The Bertz CT molecular complexity index is 726. The highest BCUT2D eigenvalue weighted by molar-refractivity contribution is 5.51. The molecule has 0 saturated heterocycles. The van der Waals surface area contributed by atoms with Crippen LogP contribution in [0.5, 0.6) is 0 Å². The Morgan fingerprint density at radius 1 is 1.27 bits per heavy atom. The molecule has 6 nitrogen and oxygen atoms in total.